The smallest absolute Gasteiger partial charge is 0.410 e. The van der Waals surface area contributed by atoms with Gasteiger partial charge >= 0.3 is 6.09 Å². The summed E-state index contributed by atoms with van der Waals surface area (Å²) in [4.78, 5) is 43.7. The monoisotopic (exact) mass is 587 g/mol. The normalized spacial score (nSPS) is 11.7. The number of hydrogen-bond donors (Lipinski definition) is 2. The molecule has 0 radical (unpaired) electrons. The second kappa shape index (κ2) is 13.5. The molecule has 0 bridgehead atoms. The highest BCUT2D eigenvalue weighted by molar-refractivity contribution is 6.18. The average Bonchev–Trinajstić information content (AvgIpc) is 3.45. The van der Waals surface area contributed by atoms with Crippen molar-refractivity contribution < 1.29 is 23.9 Å². The quantitative estimate of drug-likeness (QED) is 0.182. The highest BCUT2D eigenvalue weighted by Gasteiger charge is 2.22. The molecule has 12 nitrogen and oxygen atoms in total. The predicted octanol–water partition coefficient (Wildman–Crippen LogP) is 4.34. The Morgan fingerprint density at radius 3 is 2.56 bits per heavy atom. The van der Waals surface area contributed by atoms with Gasteiger partial charge in [0.05, 0.1) is 17.8 Å². The molecule has 0 unspecified atom stereocenters. The van der Waals surface area contributed by atoms with Crippen molar-refractivity contribution in [1.29, 1.82) is 0 Å². The van der Waals surface area contributed by atoms with E-state index in [1.54, 1.807) is 61.3 Å². The topological polar surface area (TPSA) is 147 Å². The van der Waals surface area contributed by atoms with Crippen molar-refractivity contribution in [1.82, 2.24) is 24.2 Å². The Kier molecular flexibility index (Phi) is 10.4. The molecule has 3 aromatic rings. The summed E-state index contributed by atoms with van der Waals surface area (Å²) in [5.74, 6) is -0.109. The Morgan fingerprint density at radius 2 is 1.93 bits per heavy atom. The van der Waals surface area contributed by atoms with Gasteiger partial charge in [-0.2, -0.15) is 5.10 Å². The molecule has 2 heterocycles. The van der Waals surface area contributed by atoms with Crippen molar-refractivity contribution in [3.05, 3.63) is 47.3 Å². The van der Waals surface area contributed by atoms with Crippen molar-refractivity contribution in [3.8, 4) is 5.75 Å². The fourth-order valence-corrected chi connectivity index (χ4v) is 4.17. The lowest BCUT2D eigenvalue weighted by Gasteiger charge is -2.24. The Labute approximate surface area is 244 Å². The van der Waals surface area contributed by atoms with Crippen LogP contribution in [0.5, 0.6) is 5.75 Å². The highest BCUT2D eigenvalue weighted by Crippen LogP contribution is 2.31. The van der Waals surface area contributed by atoms with Gasteiger partial charge in [-0.15, -0.1) is 11.6 Å². The van der Waals surface area contributed by atoms with Crippen LogP contribution in [-0.2, 0) is 17.8 Å². The molecule has 2 aromatic heterocycles. The summed E-state index contributed by atoms with van der Waals surface area (Å²) in [6, 6.07) is 4.80. The number of primary amides is 1. The van der Waals surface area contributed by atoms with E-state index < -0.39 is 17.6 Å². The molecular formula is C28H38ClN7O5. The number of anilines is 1. The van der Waals surface area contributed by atoms with Gasteiger partial charge in [-0.3, -0.25) is 19.6 Å². The summed E-state index contributed by atoms with van der Waals surface area (Å²) in [5, 5.41) is 7.22. The van der Waals surface area contributed by atoms with Crippen LogP contribution in [0.2, 0.25) is 0 Å². The van der Waals surface area contributed by atoms with Crippen molar-refractivity contribution in [2.24, 2.45) is 5.73 Å². The minimum absolute atomic E-state index is 0.205. The molecule has 222 valence electrons. The Bertz CT molecular complexity index is 1440. The number of nitrogens with zero attached hydrogens (tertiary/aromatic N) is 5. The van der Waals surface area contributed by atoms with Gasteiger partial charge in [0.15, 0.2) is 0 Å². The minimum Gasteiger partial charge on any atom is -0.491 e. The molecule has 3 rings (SSSR count). The molecule has 0 aliphatic carbocycles. The largest absolute Gasteiger partial charge is 0.491 e. The summed E-state index contributed by atoms with van der Waals surface area (Å²) in [6.07, 6.45) is 3.67. The molecule has 0 saturated carbocycles. The van der Waals surface area contributed by atoms with E-state index in [1.807, 2.05) is 19.9 Å². The maximum Gasteiger partial charge on any atom is 0.410 e. The summed E-state index contributed by atoms with van der Waals surface area (Å²) >= 11 is 5.85. The van der Waals surface area contributed by atoms with Crippen molar-refractivity contribution in [2.45, 2.75) is 59.7 Å². The Morgan fingerprint density at radius 1 is 1.20 bits per heavy atom. The molecule has 0 atom stereocenters. The minimum atomic E-state index is -0.647. The van der Waals surface area contributed by atoms with E-state index in [0.29, 0.717) is 54.4 Å². The van der Waals surface area contributed by atoms with Gasteiger partial charge in [-0.05, 0) is 59.2 Å². The number of rotatable bonds is 12. The number of aromatic nitrogens is 4. The molecule has 0 aliphatic rings. The molecule has 13 heteroatoms. The molecule has 1 aromatic carbocycles. The zero-order valence-electron chi connectivity index (χ0n) is 24.4. The zero-order valence-corrected chi connectivity index (χ0v) is 25.1. The van der Waals surface area contributed by atoms with E-state index in [4.69, 9.17) is 26.8 Å². The fourth-order valence-electron chi connectivity index (χ4n) is 4.05. The first-order valence-corrected chi connectivity index (χ1v) is 13.9. The number of carbonyl (C=O) groups is 3. The second-order valence-electron chi connectivity index (χ2n) is 10.4. The molecule has 41 heavy (non-hydrogen) atoms. The molecule has 0 saturated heterocycles. The molecule has 0 fully saturated rings. The van der Waals surface area contributed by atoms with Gasteiger partial charge < -0.3 is 24.7 Å². The van der Waals surface area contributed by atoms with Gasteiger partial charge in [0.2, 0.25) is 11.9 Å². The number of ether oxygens (including phenoxy) is 2. The Balaban J connectivity index is 1.93. The summed E-state index contributed by atoms with van der Waals surface area (Å²) in [6.45, 7) is 10.6. The van der Waals surface area contributed by atoms with E-state index >= 15 is 0 Å². The number of halogens is 1. The third kappa shape index (κ3) is 8.23. The standard InChI is InChI=1S/C28H38ClN7O5/c1-7-36-21(15-18(2)33-36)25(38)32-26-31-20-16-19(24(30)37)17-22(23(20)35(26)13-9-8-11-29)40-14-10-12-34(6)27(39)41-28(3,4)5/h8-9,15-17H,7,10-14H2,1-6H3,(H2,30,37)(H,31,32,38)/b9-8+. The maximum atomic E-state index is 13.2. The van der Waals surface area contributed by atoms with Crippen LogP contribution in [0.3, 0.4) is 0 Å². The Hall–Kier alpha value is -4.06. The van der Waals surface area contributed by atoms with Crippen LogP contribution in [0.25, 0.3) is 11.0 Å². The van der Waals surface area contributed by atoms with Gasteiger partial charge in [-0.1, -0.05) is 12.2 Å². The number of carbonyl (C=O) groups excluding carboxylic acids is 3. The van der Waals surface area contributed by atoms with Crippen LogP contribution < -0.4 is 15.8 Å². The van der Waals surface area contributed by atoms with Crippen LogP contribution in [0.1, 0.15) is 60.7 Å². The van der Waals surface area contributed by atoms with E-state index in [2.05, 4.69) is 15.4 Å². The van der Waals surface area contributed by atoms with Crippen LogP contribution in [0.15, 0.2) is 30.4 Å². The molecule has 0 spiro atoms. The molecular weight excluding hydrogens is 550 g/mol. The van der Waals surface area contributed by atoms with E-state index in [0.717, 1.165) is 5.69 Å². The second-order valence-corrected chi connectivity index (χ2v) is 10.7. The van der Waals surface area contributed by atoms with E-state index in [1.165, 1.54) is 4.90 Å². The van der Waals surface area contributed by atoms with Gasteiger partial charge in [0.25, 0.3) is 5.91 Å². The van der Waals surface area contributed by atoms with Gasteiger partial charge in [0, 0.05) is 38.1 Å². The number of aryl methyl sites for hydroxylation is 2. The first-order valence-electron chi connectivity index (χ1n) is 13.3. The summed E-state index contributed by atoms with van der Waals surface area (Å²) in [5.41, 5.74) is 7.29. The summed E-state index contributed by atoms with van der Waals surface area (Å²) in [7, 11) is 1.65. The van der Waals surface area contributed by atoms with Crippen LogP contribution in [-0.4, -0.2) is 73.8 Å². The molecule has 3 N–H and O–H groups in total. The average molecular weight is 588 g/mol. The van der Waals surface area contributed by atoms with Gasteiger partial charge in [-0.25, -0.2) is 9.78 Å². The number of nitrogens with one attached hydrogen (secondary N) is 1. The fraction of sp³-hybridized carbons (Fsp3) is 0.464. The molecule has 0 aliphatic heterocycles. The van der Waals surface area contributed by atoms with Crippen LogP contribution in [0.4, 0.5) is 10.7 Å². The number of nitrogens with two attached hydrogens (primary N) is 1. The number of amides is 3. The van der Waals surface area contributed by atoms with Crippen molar-refractivity contribution in [3.63, 3.8) is 0 Å². The van der Waals surface area contributed by atoms with Crippen LogP contribution >= 0.6 is 11.6 Å². The van der Waals surface area contributed by atoms with Crippen molar-refractivity contribution >= 4 is 46.5 Å². The number of benzene rings is 1. The first kappa shape index (κ1) is 31.5. The molecule has 3 amide bonds. The zero-order chi connectivity index (χ0) is 30.3. The first-order chi connectivity index (χ1) is 19.3. The highest BCUT2D eigenvalue weighted by atomic mass is 35.5. The third-order valence-electron chi connectivity index (χ3n) is 5.90. The predicted molar refractivity (Wildman–Crippen MR) is 158 cm³/mol. The van der Waals surface area contributed by atoms with Crippen LogP contribution in [0, 0.1) is 6.92 Å². The van der Waals surface area contributed by atoms with Gasteiger partial charge in [0.1, 0.15) is 22.6 Å². The lowest BCUT2D eigenvalue weighted by molar-refractivity contribution is 0.0292. The number of hydrogen-bond acceptors (Lipinski definition) is 7. The number of allylic oxidation sites excluding steroid dienone is 2. The maximum absolute atomic E-state index is 13.2. The lowest BCUT2D eigenvalue weighted by Crippen LogP contribution is -2.35. The SMILES string of the molecule is CCn1nc(C)cc1C(=O)Nc1nc2cc(C(N)=O)cc(OCCCN(C)C(=O)OC(C)(C)C)c2n1C/C=C/CCl. The lowest BCUT2D eigenvalue weighted by atomic mass is 10.1. The van der Waals surface area contributed by atoms with E-state index in [9.17, 15) is 14.4 Å². The van der Waals surface area contributed by atoms with E-state index in [-0.39, 0.29) is 24.0 Å². The third-order valence-corrected chi connectivity index (χ3v) is 6.07. The number of alkyl halides is 1. The number of imidazole rings is 1. The van der Waals surface area contributed by atoms with Crippen molar-refractivity contribution in [2.75, 3.05) is 31.4 Å². The summed E-state index contributed by atoms with van der Waals surface area (Å²) < 4.78 is 14.9. The number of fused-ring (bicyclic) bond motifs is 1.